The first-order chi connectivity index (χ1) is 12.6. The number of hydrogen-bond donors (Lipinski definition) is 1. The Morgan fingerprint density at radius 2 is 1.77 bits per heavy atom. The van der Waals surface area contributed by atoms with Gasteiger partial charge in [-0.25, -0.2) is 0 Å². The van der Waals surface area contributed by atoms with E-state index in [1.54, 1.807) is 4.90 Å². The third kappa shape index (κ3) is 4.72. The number of benzene rings is 2. The van der Waals surface area contributed by atoms with Crippen LogP contribution in [0.3, 0.4) is 0 Å². The lowest BCUT2D eigenvalue weighted by Crippen LogP contribution is -2.45. The van der Waals surface area contributed by atoms with Gasteiger partial charge in [0.15, 0.2) is 0 Å². The molecule has 2 aromatic rings. The van der Waals surface area contributed by atoms with E-state index in [9.17, 15) is 9.59 Å². The van der Waals surface area contributed by atoms with Crippen LogP contribution in [0.2, 0.25) is 0 Å². The second-order valence-corrected chi connectivity index (χ2v) is 6.93. The molecule has 2 aromatic carbocycles. The average molecular weight is 350 g/mol. The molecular formula is C22H26N2O2. The van der Waals surface area contributed by atoms with Crippen molar-refractivity contribution in [2.45, 2.75) is 45.2 Å². The topological polar surface area (TPSA) is 49.4 Å². The number of nitrogens with one attached hydrogen (secondary N) is 1. The van der Waals surface area contributed by atoms with E-state index in [1.165, 1.54) is 5.56 Å². The van der Waals surface area contributed by atoms with Crippen LogP contribution >= 0.6 is 0 Å². The first kappa shape index (κ1) is 18.2. The highest BCUT2D eigenvalue weighted by molar-refractivity contribution is 5.88. The van der Waals surface area contributed by atoms with Gasteiger partial charge in [0.25, 0.3) is 0 Å². The molecular weight excluding hydrogens is 324 g/mol. The highest BCUT2D eigenvalue weighted by atomic mass is 16.2. The Labute approximate surface area is 155 Å². The molecule has 0 aliphatic carbocycles. The van der Waals surface area contributed by atoms with Crippen molar-refractivity contribution in [3.63, 3.8) is 0 Å². The van der Waals surface area contributed by atoms with Crippen molar-refractivity contribution in [3.8, 4) is 0 Å². The maximum absolute atomic E-state index is 12.6. The number of rotatable bonds is 6. The number of amides is 2. The van der Waals surface area contributed by atoms with E-state index in [0.29, 0.717) is 25.9 Å². The van der Waals surface area contributed by atoms with Gasteiger partial charge < -0.3 is 10.2 Å². The highest BCUT2D eigenvalue weighted by Crippen LogP contribution is 2.19. The monoisotopic (exact) mass is 350 g/mol. The van der Waals surface area contributed by atoms with Gasteiger partial charge in [-0.3, -0.25) is 9.59 Å². The summed E-state index contributed by atoms with van der Waals surface area (Å²) in [6, 6.07) is 17.8. The van der Waals surface area contributed by atoms with Crippen LogP contribution < -0.4 is 5.32 Å². The van der Waals surface area contributed by atoms with Crippen LogP contribution in [0.5, 0.6) is 0 Å². The molecule has 0 aromatic heterocycles. The van der Waals surface area contributed by atoms with E-state index >= 15 is 0 Å². The minimum absolute atomic E-state index is 0.0463. The number of hydrogen-bond acceptors (Lipinski definition) is 2. The molecule has 0 spiro atoms. The Bertz CT molecular complexity index is 740. The van der Waals surface area contributed by atoms with E-state index in [-0.39, 0.29) is 17.9 Å². The van der Waals surface area contributed by atoms with Crippen LogP contribution in [-0.4, -0.2) is 29.3 Å². The van der Waals surface area contributed by atoms with Crippen LogP contribution in [0, 0.1) is 6.92 Å². The lowest BCUT2D eigenvalue weighted by molar-refractivity contribution is -0.138. The van der Waals surface area contributed by atoms with Crippen molar-refractivity contribution in [1.29, 1.82) is 0 Å². The van der Waals surface area contributed by atoms with Crippen LogP contribution in [0.4, 0.5) is 0 Å². The average Bonchev–Trinajstić information content (AvgIpc) is 3.16. The van der Waals surface area contributed by atoms with Crippen LogP contribution in [0.25, 0.3) is 0 Å². The van der Waals surface area contributed by atoms with Crippen LogP contribution in [-0.2, 0) is 22.6 Å². The number of carbonyl (C=O) groups is 2. The van der Waals surface area contributed by atoms with Gasteiger partial charge in [-0.05, 0) is 37.3 Å². The van der Waals surface area contributed by atoms with E-state index in [0.717, 1.165) is 24.0 Å². The van der Waals surface area contributed by atoms with Gasteiger partial charge in [0.1, 0.15) is 6.04 Å². The van der Waals surface area contributed by atoms with Crippen molar-refractivity contribution >= 4 is 11.8 Å². The van der Waals surface area contributed by atoms with Crippen molar-refractivity contribution < 1.29 is 9.59 Å². The van der Waals surface area contributed by atoms with E-state index in [1.807, 2.05) is 30.3 Å². The molecule has 0 radical (unpaired) electrons. The van der Waals surface area contributed by atoms with Crippen LogP contribution in [0.15, 0.2) is 54.6 Å². The van der Waals surface area contributed by atoms with Crippen molar-refractivity contribution in [1.82, 2.24) is 10.2 Å². The number of likely N-dealkylation sites (tertiary alicyclic amines) is 1. The quantitative estimate of drug-likeness (QED) is 0.869. The lowest BCUT2D eigenvalue weighted by atomic mass is 10.1. The Kier molecular flexibility index (Phi) is 6.05. The summed E-state index contributed by atoms with van der Waals surface area (Å²) >= 11 is 0. The molecule has 1 saturated heterocycles. The number of carbonyl (C=O) groups excluding carboxylic acids is 2. The molecule has 2 amide bonds. The molecule has 4 nitrogen and oxygen atoms in total. The maximum Gasteiger partial charge on any atom is 0.243 e. The lowest BCUT2D eigenvalue weighted by Gasteiger charge is -2.24. The summed E-state index contributed by atoms with van der Waals surface area (Å²) in [6.45, 7) is 3.23. The van der Waals surface area contributed by atoms with Crippen molar-refractivity contribution in [2.24, 2.45) is 0 Å². The Morgan fingerprint density at radius 3 is 2.50 bits per heavy atom. The molecule has 0 bridgehead atoms. The van der Waals surface area contributed by atoms with Crippen molar-refractivity contribution in [2.75, 3.05) is 6.54 Å². The summed E-state index contributed by atoms with van der Waals surface area (Å²) in [4.78, 5) is 26.9. The van der Waals surface area contributed by atoms with Gasteiger partial charge in [0, 0.05) is 19.5 Å². The summed E-state index contributed by atoms with van der Waals surface area (Å²) in [7, 11) is 0. The maximum atomic E-state index is 12.6. The molecule has 1 heterocycles. The SMILES string of the molecule is Cc1ccc(CCC(=O)N2CCC[C@@H]2C(=O)NCc2ccccc2)cc1. The minimum atomic E-state index is -0.329. The zero-order valence-corrected chi connectivity index (χ0v) is 15.3. The van der Waals surface area contributed by atoms with Gasteiger partial charge in [-0.1, -0.05) is 60.2 Å². The minimum Gasteiger partial charge on any atom is -0.350 e. The molecule has 0 unspecified atom stereocenters. The number of nitrogens with zero attached hydrogens (tertiary/aromatic N) is 1. The fraction of sp³-hybridized carbons (Fsp3) is 0.364. The summed E-state index contributed by atoms with van der Waals surface area (Å²) < 4.78 is 0. The Balaban J connectivity index is 1.52. The normalized spacial score (nSPS) is 16.5. The van der Waals surface area contributed by atoms with Gasteiger partial charge >= 0.3 is 0 Å². The second-order valence-electron chi connectivity index (χ2n) is 6.93. The number of aryl methyl sites for hydroxylation is 2. The molecule has 26 heavy (non-hydrogen) atoms. The predicted molar refractivity (Wildman–Crippen MR) is 103 cm³/mol. The molecule has 3 rings (SSSR count). The molecule has 0 saturated carbocycles. The van der Waals surface area contributed by atoms with Gasteiger partial charge in [-0.15, -0.1) is 0 Å². The third-order valence-corrected chi connectivity index (χ3v) is 4.93. The Morgan fingerprint density at radius 1 is 1.04 bits per heavy atom. The first-order valence-corrected chi connectivity index (χ1v) is 9.30. The molecule has 1 aliphatic heterocycles. The molecule has 1 aliphatic rings. The highest BCUT2D eigenvalue weighted by Gasteiger charge is 2.33. The fourth-order valence-corrected chi connectivity index (χ4v) is 3.39. The summed E-state index contributed by atoms with van der Waals surface area (Å²) in [5.41, 5.74) is 3.44. The molecule has 1 N–H and O–H groups in total. The van der Waals surface area contributed by atoms with Crippen LogP contribution in [0.1, 0.15) is 36.0 Å². The predicted octanol–water partition coefficient (Wildman–Crippen LogP) is 3.24. The standard InChI is InChI=1S/C22H26N2O2/c1-17-9-11-18(12-10-17)13-14-21(25)24-15-5-8-20(24)22(26)23-16-19-6-3-2-4-7-19/h2-4,6-7,9-12,20H,5,8,13-16H2,1H3,(H,23,26)/t20-/m1/s1. The second kappa shape index (κ2) is 8.65. The fourth-order valence-electron chi connectivity index (χ4n) is 3.39. The van der Waals surface area contributed by atoms with E-state index < -0.39 is 0 Å². The molecule has 136 valence electrons. The zero-order chi connectivity index (χ0) is 18.4. The first-order valence-electron chi connectivity index (χ1n) is 9.30. The van der Waals surface area contributed by atoms with Gasteiger partial charge in [0.2, 0.25) is 11.8 Å². The van der Waals surface area contributed by atoms with Gasteiger partial charge in [-0.2, -0.15) is 0 Å². The molecule has 1 fully saturated rings. The molecule has 4 heteroatoms. The third-order valence-electron chi connectivity index (χ3n) is 4.93. The molecule has 1 atom stereocenters. The summed E-state index contributed by atoms with van der Waals surface area (Å²) in [5.74, 6) is 0.0259. The summed E-state index contributed by atoms with van der Waals surface area (Å²) in [6.07, 6.45) is 2.80. The smallest absolute Gasteiger partial charge is 0.243 e. The Hall–Kier alpha value is -2.62. The largest absolute Gasteiger partial charge is 0.350 e. The van der Waals surface area contributed by atoms with Gasteiger partial charge in [0.05, 0.1) is 0 Å². The summed E-state index contributed by atoms with van der Waals surface area (Å²) in [5, 5.41) is 2.97. The zero-order valence-electron chi connectivity index (χ0n) is 15.3. The van der Waals surface area contributed by atoms with E-state index in [4.69, 9.17) is 0 Å². The van der Waals surface area contributed by atoms with E-state index in [2.05, 4.69) is 36.5 Å². The van der Waals surface area contributed by atoms with Crippen molar-refractivity contribution in [3.05, 3.63) is 71.3 Å².